The van der Waals surface area contributed by atoms with Crippen molar-refractivity contribution in [3.63, 3.8) is 0 Å². The molecular formula is C10H18N2O2. The Morgan fingerprint density at radius 1 is 1.57 bits per heavy atom. The van der Waals surface area contributed by atoms with Crippen LogP contribution in [-0.4, -0.2) is 43.8 Å². The van der Waals surface area contributed by atoms with Gasteiger partial charge in [0.1, 0.15) is 0 Å². The van der Waals surface area contributed by atoms with E-state index in [0.29, 0.717) is 12.6 Å². The standard InChI is InChI=1S/C10H18N2O2/c1-9-6-12(4-5-14-9)8-10(2-3-10)7-11-13/h9H,2-8H2,1H3/t9-/m0/s1. The summed E-state index contributed by atoms with van der Waals surface area (Å²) in [6, 6.07) is 0. The largest absolute Gasteiger partial charge is 0.376 e. The number of rotatable bonds is 4. The summed E-state index contributed by atoms with van der Waals surface area (Å²) >= 11 is 0. The molecule has 0 radical (unpaired) electrons. The molecule has 1 saturated heterocycles. The Kier molecular flexibility index (Phi) is 2.83. The second kappa shape index (κ2) is 3.95. The molecule has 0 amide bonds. The van der Waals surface area contributed by atoms with E-state index in [0.717, 1.165) is 26.2 Å². The van der Waals surface area contributed by atoms with E-state index in [1.807, 2.05) is 0 Å². The van der Waals surface area contributed by atoms with Gasteiger partial charge in [0.05, 0.1) is 19.3 Å². The van der Waals surface area contributed by atoms with E-state index in [9.17, 15) is 4.91 Å². The third kappa shape index (κ3) is 2.30. The molecule has 2 rings (SSSR count). The van der Waals surface area contributed by atoms with Crippen LogP contribution < -0.4 is 0 Å². The van der Waals surface area contributed by atoms with Gasteiger partial charge in [-0.1, -0.05) is 5.18 Å². The summed E-state index contributed by atoms with van der Waals surface area (Å²) < 4.78 is 5.48. The van der Waals surface area contributed by atoms with Crippen LogP contribution in [0.25, 0.3) is 0 Å². The third-order valence-corrected chi connectivity index (χ3v) is 3.24. The van der Waals surface area contributed by atoms with Crippen LogP contribution in [0, 0.1) is 10.3 Å². The molecule has 14 heavy (non-hydrogen) atoms. The molecule has 0 aromatic heterocycles. The van der Waals surface area contributed by atoms with Gasteiger partial charge in [0.25, 0.3) is 0 Å². The van der Waals surface area contributed by atoms with Gasteiger partial charge in [0.2, 0.25) is 0 Å². The number of morpholine rings is 1. The van der Waals surface area contributed by atoms with Crippen LogP contribution in [-0.2, 0) is 4.74 Å². The van der Waals surface area contributed by atoms with Crippen LogP contribution in [0.5, 0.6) is 0 Å². The molecule has 0 spiro atoms. The summed E-state index contributed by atoms with van der Waals surface area (Å²) in [7, 11) is 0. The Morgan fingerprint density at radius 2 is 2.36 bits per heavy atom. The molecule has 4 nitrogen and oxygen atoms in total. The first-order valence-electron chi connectivity index (χ1n) is 5.37. The van der Waals surface area contributed by atoms with E-state index in [1.54, 1.807) is 0 Å². The van der Waals surface area contributed by atoms with Crippen molar-refractivity contribution in [1.29, 1.82) is 0 Å². The number of hydrogen-bond donors (Lipinski definition) is 0. The van der Waals surface area contributed by atoms with Gasteiger partial charge in [-0.15, -0.1) is 0 Å². The fourth-order valence-electron chi connectivity index (χ4n) is 2.19. The van der Waals surface area contributed by atoms with Crippen molar-refractivity contribution >= 4 is 0 Å². The molecule has 1 heterocycles. The smallest absolute Gasteiger partial charge is 0.0879 e. The van der Waals surface area contributed by atoms with Crippen molar-refractivity contribution in [3.05, 3.63) is 4.91 Å². The van der Waals surface area contributed by atoms with Gasteiger partial charge < -0.3 is 4.74 Å². The average Bonchev–Trinajstić information content (AvgIpc) is 2.85. The van der Waals surface area contributed by atoms with Gasteiger partial charge in [-0.2, -0.15) is 4.91 Å². The Labute approximate surface area is 84.6 Å². The third-order valence-electron chi connectivity index (χ3n) is 3.24. The van der Waals surface area contributed by atoms with Crippen LogP contribution in [0.15, 0.2) is 5.18 Å². The molecular weight excluding hydrogens is 180 g/mol. The molecule has 1 atom stereocenters. The second-order valence-corrected chi connectivity index (χ2v) is 4.70. The zero-order valence-corrected chi connectivity index (χ0v) is 8.74. The summed E-state index contributed by atoms with van der Waals surface area (Å²) in [5.74, 6) is 0. The van der Waals surface area contributed by atoms with E-state index >= 15 is 0 Å². The van der Waals surface area contributed by atoms with Gasteiger partial charge >= 0.3 is 0 Å². The number of ether oxygens (including phenoxy) is 1. The van der Waals surface area contributed by atoms with E-state index in [1.165, 1.54) is 12.8 Å². The van der Waals surface area contributed by atoms with Crippen molar-refractivity contribution < 1.29 is 4.74 Å². The lowest BCUT2D eigenvalue weighted by atomic mass is 10.1. The van der Waals surface area contributed by atoms with Crippen LogP contribution in [0.2, 0.25) is 0 Å². The van der Waals surface area contributed by atoms with Gasteiger partial charge in [0.15, 0.2) is 0 Å². The Morgan fingerprint density at radius 3 is 2.93 bits per heavy atom. The van der Waals surface area contributed by atoms with Gasteiger partial charge in [0, 0.05) is 25.0 Å². The molecule has 0 unspecified atom stereocenters. The van der Waals surface area contributed by atoms with Crippen molar-refractivity contribution in [2.24, 2.45) is 10.6 Å². The maximum atomic E-state index is 10.3. The lowest BCUT2D eigenvalue weighted by molar-refractivity contribution is -0.0241. The summed E-state index contributed by atoms with van der Waals surface area (Å²) in [4.78, 5) is 12.7. The fourth-order valence-corrected chi connectivity index (χ4v) is 2.19. The summed E-state index contributed by atoms with van der Waals surface area (Å²) in [5.41, 5.74) is 0.235. The van der Waals surface area contributed by atoms with Crippen LogP contribution in [0.1, 0.15) is 19.8 Å². The lowest BCUT2D eigenvalue weighted by Gasteiger charge is -2.33. The van der Waals surface area contributed by atoms with Crippen molar-refractivity contribution in [3.8, 4) is 0 Å². The first kappa shape index (κ1) is 10.1. The maximum Gasteiger partial charge on any atom is 0.0879 e. The van der Waals surface area contributed by atoms with Gasteiger partial charge in [-0.25, -0.2) is 0 Å². The predicted octanol–water partition coefficient (Wildman–Crippen LogP) is 1.25. The highest BCUT2D eigenvalue weighted by Gasteiger charge is 2.44. The Balaban J connectivity index is 1.81. The second-order valence-electron chi connectivity index (χ2n) is 4.70. The van der Waals surface area contributed by atoms with Crippen LogP contribution in [0.3, 0.4) is 0 Å². The summed E-state index contributed by atoms with van der Waals surface area (Å²) in [6.45, 7) is 6.46. The molecule has 0 aromatic carbocycles. The molecule has 1 aliphatic heterocycles. The maximum absolute atomic E-state index is 10.3. The minimum Gasteiger partial charge on any atom is -0.376 e. The zero-order chi connectivity index (χ0) is 10.0. The van der Waals surface area contributed by atoms with Crippen molar-refractivity contribution in [2.45, 2.75) is 25.9 Å². The molecule has 1 saturated carbocycles. The number of hydrogen-bond acceptors (Lipinski definition) is 4. The molecule has 4 heteroatoms. The van der Waals surface area contributed by atoms with Crippen LogP contribution >= 0.6 is 0 Å². The number of nitroso groups, excluding NO2 is 1. The van der Waals surface area contributed by atoms with Gasteiger partial charge in [-0.05, 0) is 19.8 Å². The molecule has 0 bridgehead atoms. The lowest BCUT2D eigenvalue weighted by Crippen LogP contribution is -2.44. The van der Waals surface area contributed by atoms with Gasteiger partial charge in [-0.3, -0.25) is 4.90 Å². The fraction of sp³-hybridized carbons (Fsp3) is 1.00. The Bertz CT molecular complexity index is 216. The summed E-state index contributed by atoms with van der Waals surface area (Å²) in [6.07, 6.45) is 2.68. The molecule has 0 N–H and O–H groups in total. The van der Waals surface area contributed by atoms with Crippen molar-refractivity contribution in [2.75, 3.05) is 32.8 Å². The molecule has 0 aromatic rings. The monoisotopic (exact) mass is 198 g/mol. The first-order valence-corrected chi connectivity index (χ1v) is 5.37. The first-order chi connectivity index (χ1) is 6.74. The molecule has 2 fully saturated rings. The quantitative estimate of drug-likeness (QED) is 0.638. The predicted molar refractivity (Wildman–Crippen MR) is 54.2 cm³/mol. The van der Waals surface area contributed by atoms with E-state index in [4.69, 9.17) is 4.74 Å². The van der Waals surface area contributed by atoms with Crippen molar-refractivity contribution in [1.82, 2.24) is 4.90 Å². The normalized spacial score (nSPS) is 31.4. The topological polar surface area (TPSA) is 41.9 Å². The Hall–Kier alpha value is -0.480. The molecule has 2 aliphatic rings. The summed E-state index contributed by atoms with van der Waals surface area (Å²) in [5, 5.41) is 3.05. The minimum absolute atomic E-state index is 0.235. The van der Waals surface area contributed by atoms with E-state index in [2.05, 4.69) is 17.0 Å². The molecule has 1 aliphatic carbocycles. The SMILES string of the molecule is C[C@H]1CN(CC2(CN=O)CC2)CCO1. The van der Waals surface area contributed by atoms with Crippen LogP contribution in [0.4, 0.5) is 0 Å². The highest BCUT2D eigenvalue weighted by molar-refractivity contribution is 4.97. The van der Waals surface area contributed by atoms with E-state index in [-0.39, 0.29) is 5.41 Å². The highest BCUT2D eigenvalue weighted by Crippen LogP contribution is 2.46. The number of nitrogens with zero attached hydrogens (tertiary/aromatic N) is 2. The zero-order valence-electron chi connectivity index (χ0n) is 8.74. The highest BCUT2D eigenvalue weighted by atomic mass is 16.5. The average molecular weight is 198 g/mol. The molecule has 80 valence electrons. The minimum atomic E-state index is 0.235. The van der Waals surface area contributed by atoms with E-state index < -0.39 is 0 Å².